The van der Waals surface area contributed by atoms with Gasteiger partial charge in [0.15, 0.2) is 5.82 Å². The molecule has 1 aromatic heterocycles. The maximum atomic E-state index is 14.0. The van der Waals surface area contributed by atoms with Gasteiger partial charge in [-0.2, -0.15) is 5.10 Å². The summed E-state index contributed by atoms with van der Waals surface area (Å²) >= 11 is 0. The Morgan fingerprint density at radius 1 is 1.38 bits per heavy atom. The molecule has 0 bridgehead atoms. The van der Waals surface area contributed by atoms with Crippen LogP contribution in [0.2, 0.25) is 0 Å². The van der Waals surface area contributed by atoms with Gasteiger partial charge in [0.1, 0.15) is 11.6 Å². The second-order valence-electron chi connectivity index (χ2n) is 6.15. The van der Waals surface area contributed by atoms with E-state index in [9.17, 15) is 4.39 Å². The molecule has 0 atom stereocenters. The van der Waals surface area contributed by atoms with Gasteiger partial charge in [0.25, 0.3) is 0 Å². The Balaban J connectivity index is 1.37. The number of halogens is 1. The molecule has 1 saturated carbocycles. The van der Waals surface area contributed by atoms with Crippen LogP contribution in [0.3, 0.4) is 0 Å². The van der Waals surface area contributed by atoms with Gasteiger partial charge in [0.05, 0.1) is 17.5 Å². The minimum absolute atomic E-state index is 0.184. The molecule has 112 valence electrons. The largest absolute Gasteiger partial charge is 0.493 e. The molecule has 0 amide bonds. The normalized spacial score (nSPS) is 20.4. The van der Waals surface area contributed by atoms with Crippen LogP contribution in [0.4, 0.5) is 10.2 Å². The fourth-order valence-corrected chi connectivity index (χ4v) is 3.17. The van der Waals surface area contributed by atoms with Crippen molar-refractivity contribution in [2.24, 2.45) is 5.92 Å². The lowest BCUT2D eigenvalue weighted by molar-refractivity contribution is -0.00244. The van der Waals surface area contributed by atoms with E-state index in [2.05, 4.69) is 15.1 Å². The number of nitrogens with two attached hydrogens (primary N) is 1. The predicted molar refractivity (Wildman–Crippen MR) is 78.7 cm³/mol. The number of fused-ring (bicyclic) bond motifs is 1. The minimum atomic E-state index is -0.390. The van der Waals surface area contributed by atoms with Gasteiger partial charge in [0, 0.05) is 37.2 Å². The third kappa shape index (κ3) is 2.23. The van der Waals surface area contributed by atoms with Crippen molar-refractivity contribution in [1.29, 1.82) is 0 Å². The van der Waals surface area contributed by atoms with E-state index in [1.165, 1.54) is 25.3 Å². The number of benzene rings is 1. The van der Waals surface area contributed by atoms with Crippen LogP contribution >= 0.6 is 0 Å². The Labute approximate surface area is 122 Å². The van der Waals surface area contributed by atoms with Crippen LogP contribution in [-0.4, -0.2) is 40.8 Å². The van der Waals surface area contributed by atoms with Crippen LogP contribution in [0.25, 0.3) is 10.9 Å². The fourth-order valence-electron chi connectivity index (χ4n) is 3.17. The van der Waals surface area contributed by atoms with Gasteiger partial charge in [-0.05, 0) is 12.8 Å². The van der Waals surface area contributed by atoms with Crippen LogP contribution in [0.5, 0.6) is 5.75 Å². The molecule has 2 aromatic rings. The molecule has 6 heteroatoms. The number of aromatic nitrogens is 2. The first-order valence-electron chi connectivity index (χ1n) is 7.50. The first-order valence-corrected chi connectivity index (χ1v) is 7.50. The second kappa shape index (κ2) is 4.87. The lowest BCUT2D eigenvalue weighted by Gasteiger charge is -2.47. The Kier molecular flexibility index (Phi) is 2.99. The monoisotopic (exact) mass is 290 g/mol. The van der Waals surface area contributed by atoms with Gasteiger partial charge in [-0.1, -0.05) is 6.42 Å². The highest BCUT2D eigenvalue weighted by Gasteiger charge is 2.35. The standard InChI is InChI=1S/C15H19FN4O/c16-12-4-11(5-13-14(12)15(17)19-18-13)21-8-9-6-20(7-9)10-2-1-3-10/h4-5,9-10H,1-3,6-8H2,(H3,17,18,19). The molecule has 2 aliphatic rings. The lowest BCUT2D eigenvalue weighted by atomic mass is 9.86. The van der Waals surface area contributed by atoms with Gasteiger partial charge in [-0.15, -0.1) is 0 Å². The van der Waals surface area contributed by atoms with Crippen molar-refractivity contribution in [3.05, 3.63) is 17.9 Å². The summed E-state index contributed by atoms with van der Waals surface area (Å²) in [6, 6.07) is 3.95. The summed E-state index contributed by atoms with van der Waals surface area (Å²) < 4.78 is 19.7. The quantitative estimate of drug-likeness (QED) is 0.905. The molecular weight excluding hydrogens is 271 g/mol. The molecule has 0 unspecified atom stereocenters. The molecule has 0 spiro atoms. The summed E-state index contributed by atoms with van der Waals surface area (Å²) in [5, 5.41) is 6.87. The number of rotatable bonds is 4. The van der Waals surface area contributed by atoms with Crippen molar-refractivity contribution in [1.82, 2.24) is 15.1 Å². The summed E-state index contributed by atoms with van der Waals surface area (Å²) in [6.07, 6.45) is 4.06. The Hall–Kier alpha value is -1.82. The van der Waals surface area contributed by atoms with E-state index in [1.54, 1.807) is 6.07 Å². The van der Waals surface area contributed by atoms with E-state index in [0.717, 1.165) is 19.1 Å². The number of likely N-dealkylation sites (tertiary alicyclic amines) is 1. The summed E-state index contributed by atoms with van der Waals surface area (Å²) in [5.41, 5.74) is 6.19. The van der Waals surface area contributed by atoms with E-state index in [1.807, 2.05) is 0 Å². The summed E-state index contributed by atoms with van der Waals surface area (Å²) in [5.74, 6) is 0.879. The van der Waals surface area contributed by atoms with Crippen molar-refractivity contribution in [3.63, 3.8) is 0 Å². The minimum Gasteiger partial charge on any atom is -0.493 e. The Morgan fingerprint density at radius 2 is 2.19 bits per heavy atom. The highest BCUT2D eigenvalue weighted by Crippen LogP contribution is 2.31. The maximum Gasteiger partial charge on any atom is 0.156 e. The second-order valence-corrected chi connectivity index (χ2v) is 6.15. The number of aromatic amines is 1. The first kappa shape index (κ1) is 12.9. The molecule has 1 aliphatic carbocycles. The number of hydrogen-bond donors (Lipinski definition) is 2. The fraction of sp³-hybridized carbons (Fsp3) is 0.533. The van der Waals surface area contributed by atoms with Crippen LogP contribution in [0, 0.1) is 11.7 Å². The number of H-pyrrole nitrogens is 1. The molecule has 21 heavy (non-hydrogen) atoms. The van der Waals surface area contributed by atoms with Gasteiger partial charge in [0.2, 0.25) is 0 Å². The summed E-state index contributed by atoms with van der Waals surface area (Å²) in [4.78, 5) is 2.52. The van der Waals surface area contributed by atoms with Crippen molar-refractivity contribution in [2.75, 3.05) is 25.4 Å². The first-order chi connectivity index (χ1) is 10.2. The van der Waals surface area contributed by atoms with E-state index in [4.69, 9.17) is 10.5 Å². The smallest absolute Gasteiger partial charge is 0.156 e. The highest BCUT2D eigenvalue weighted by atomic mass is 19.1. The molecule has 2 fully saturated rings. The zero-order chi connectivity index (χ0) is 14.4. The van der Waals surface area contributed by atoms with E-state index >= 15 is 0 Å². The van der Waals surface area contributed by atoms with Crippen molar-refractivity contribution in [2.45, 2.75) is 25.3 Å². The summed E-state index contributed by atoms with van der Waals surface area (Å²) in [6.45, 7) is 2.84. The topological polar surface area (TPSA) is 67.2 Å². The van der Waals surface area contributed by atoms with Crippen LogP contribution < -0.4 is 10.5 Å². The SMILES string of the molecule is Nc1n[nH]c2cc(OCC3CN(C4CCC4)C3)cc(F)c12. The highest BCUT2D eigenvalue weighted by molar-refractivity contribution is 5.90. The van der Waals surface area contributed by atoms with Crippen LogP contribution in [0.1, 0.15) is 19.3 Å². The number of hydrogen-bond acceptors (Lipinski definition) is 4. The molecule has 4 rings (SSSR count). The van der Waals surface area contributed by atoms with E-state index in [0.29, 0.717) is 29.2 Å². The van der Waals surface area contributed by atoms with Crippen molar-refractivity contribution >= 4 is 16.7 Å². The molecule has 5 nitrogen and oxygen atoms in total. The number of nitrogen functional groups attached to an aromatic ring is 1. The number of ether oxygens (including phenoxy) is 1. The predicted octanol–water partition coefficient (Wildman–Crippen LogP) is 2.15. The number of nitrogens with one attached hydrogen (secondary N) is 1. The van der Waals surface area contributed by atoms with Gasteiger partial charge >= 0.3 is 0 Å². The average molecular weight is 290 g/mol. The Bertz CT molecular complexity index is 661. The average Bonchev–Trinajstić information content (AvgIpc) is 2.71. The van der Waals surface area contributed by atoms with Gasteiger partial charge in [-0.25, -0.2) is 4.39 Å². The van der Waals surface area contributed by atoms with Gasteiger partial charge < -0.3 is 10.5 Å². The molecular formula is C15H19FN4O. The Morgan fingerprint density at radius 3 is 2.90 bits per heavy atom. The molecule has 1 saturated heterocycles. The summed E-state index contributed by atoms with van der Waals surface area (Å²) in [7, 11) is 0. The zero-order valence-electron chi connectivity index (χ0n) is 11.8. The van der Waals surface area contributed by atoms with Crippen molar-refractivity contribution < 1.29 is 9.13 Å². The third-order valence-electron chi connectivity index (χ3n) is 4.68. The molecule has 1 aromatic carbocycles. The van der Waals surface area contributed by atoms with E-state index in [-0.39, 0.29) is 5.82 Å². The van der Waals surface area contributed by atoms with Crippen LogP contribution in [0.15, 0.2) is 12.1 Å². The van der Waals surface area contributed by atoms with E-state index < -0.39 is 5.82 Å². The molecule has 1 aliphatic heterocycles. The van der Waals surface area contributed by atoms with Crippen molar-refractivity contribution in [3.8, 4) is 5.75 Å². The number of anilines is 1. The maximum absolute atomic E-state index is 14.0. The molecule has 3 N–H and O–H groups in total. The van der Waals surface area contributed by atoms with Gasteiger partial charge in [-0.3, -0.25) is 10.00 Å². The number of nitrogens with zero attached hydrogens (tertiary/aromatic N) is 2. The zero-order valence-corrected chi connectivity index (χ0v) is 11.8. The third-order valence-corrected chi connectivity index (χ3v) is 4.68. The lowest BCUT2D eigenvalue weighted by Crippen LogP contribution is -2.55. The molecule has 0 radical (unpaired) electrons. The van der Waals surface area contributed by atoms with Crippen LogP contribution in [-0.2, 0) is 0 Å². The molecule has 2 heterocycles.